The molecule has 0 radical (unpaired) electrons. The Balaban J connectivity index is 2.50. The van der Waals surface area contributed by atoms with Gasteiger partial charge >= 0.3 is 0 Å². The van der Waals surface area contributed by atoms with Gasteiger partial charge in [-0.05, 0) is 46.0 Å². The van der Waals surface area contributed by atoms with Crippen LogP contribution in [-0.4, -0.2) is 23.7 Å². The van der Waals surface area contributed by atoms with Crippen LogP contribution in [0, 0.1) is 5.92 Å². The zero-order valence-electron chi connectivity index (χ0n) is 9.79. The lowest BCUT2D eigenvalue weighted by Gasteiger charge is -2.21. The zero-order chi connectivity index (χ0) is 11.7. The molecule has 2 nitrogen and oxygen atoms in total. The van der Waals surface area contributed by atoms with Crippen molar-refractivity contribution < 1.29 is 8.42 Å². The molecule has 0 saturated heterocycles. The minimum atomic E-state index is -2.93. The molecule has 0 aliphatic heterocycles. The summed E-state index contributed by atoms with van der Waals surface area (Å²) in [6, 6.07) is 0. The van der Waals surface area contributed by atoms with Crippen molar-refractivity contribution in [1.82, 2.24) is 0 Å². The Kier molecular flexibility index (Phi) is 4.27. The Hall–Kier alpha value is 0.430. The van der Waals surface area contributed by atoms with Crippen molar-refractivity contribution in [2.24, 2.45) is 5.92 Å². The lowest BCUT2D eigenvalue weighted by Crippen LogP contribution is -2.31. The van der Waals surface area contributed by atoms with Crippen molar-refractivity contribution in [3.63, 3.8) is 0 Å². The molecule has 0 bridgehead atoms. The van der Waals surface area contributed by atoms with Crippen LogP contribution in [0.5, 0.6) is 0 Å². The molecule has 1 fully saturated rings. The Labute approximate surface area is 102 Å². The summed E-state index contributed by atoms with van der Waals surface area (Å²) in [5, 5.41) is 0. The minimum absolute atomic E-state index is 0.337. The van der Waals surface area contributed by atoms with Gasteiger partial charge in [0.1, 0.15) is 0 Å². The maximum atomic E-state index is 11.9. The van der Waals surface area contributed by atoms with Crippen molar-refractivity contribution in [2.75, 3.05) is 5.75 Å². The van der Waals surface area contributed by atoms with E-state index in [0.717, 1.165) is 6.42 Å². The molecular formula is C11H21BrO2S. The second-order valence-electron chi connectivity index (χ2n) is 5.43. The summed E-state index contributed by atoms with van der Waals surface area (Å²) in [4.78, 5) is 0.535. The topological polar surface area (TPSA) is 34.1 Å². The van der Waals surface area contributed by atoms with Gasteiger partial charge in [-0.25, -0.2) is 8.42 Å². The van der Waals surface area contributed by atoms with E-state index in [1.807, 2.05) is 0 Å². The molecule has 0 N–H and O–H groups in total. The first-order valence-corrected chi connectivity index (χ1v) is 8.17. The fourth-order valence-electron chi connectivity index (χ4n) is 1.93. The SMILES string of the molecule is CC(C)(C)S(=O)(=O)CCC1CCCC1Br. The molecule has 0 amide bonds. The molecule has 1 rings (SSSR count). The van der Waals surface area contributed by atoms with Crippen molar-refractivity contribution in [2.45, 2.75) is 56.0 Å². The van der Waals surface area contributed by atoms with Gasteiger partial charge in [-0.3, -0.25) is 0 Å². The summed E-state index contributed by atoms with van der Waals surface area (Å²) >= 11 is 3.63. The van der Waals surface area contributed by atoms with Crippen LogP contribution >= 0.6 is 15.9 Å². The van der Waals surface area contributed by atoms with E-state index in [-0.39, 0.29) is 0 Å². The standard InChI is InChI=1S/C11H21BrO2S/c1-11(2,3)15(13,14)8-7-9-5-4-6-10(9)12/h9-10H,4-8H2,1-3H3. The molecule has 4 heteroatoms. The fourth-order valence-corrected chi connectivity index (χ4v) is 4.01. The van der Waals surface area contributed by atoms with Gasteiger partial charge < -0.3 is 0 Å². The van der Waals surface area contributed by atoms with Gasteiger partial charge in [0.15, 0.2) is 9.84 Å². The normalized spacial score (nSPS) is 28.3. The number of alkyl halides is 1. The summed E-state index contributed by atoms with van der Waals surface area (Å²) < 4.78 is 23.2. The molecule has 2 unspecified atom stereocenters. The summed E-state index contributed by atoms with van der Waals surface area (Å²) in [7, 11) is -2.93. The Bertz CT molecular complexity index is 303. The van der Waals surface area contributed by atoms with Crippen LogP contribution in [0.2, 0.25) is 0 Å². The van der Waals surface area contributed by atoms with Gasteiger partial charge in [-0.2, -0.15) is 0 Å². The van der Waals surface area contributed by atoms with E-state index in [4.69, 9.17) is 0 Å². The molecule has 0 spiro atoms. The highest BCUT2D eigenvalue weighted by molar-refractivity contribution is 9.09. The summed E-state index contributed by atoms with van der Waals surface area (Å²) in [5.41, 5.74) is 0. The van der Waals surface area contributed by atoms with E-state index in [1.54, 1.807) is 20.8 Å². The fraction of sp³-hybridized carbons (Fsp3) is 1.00. The first-order valence-electron chi connectivity index (χ1n) is 5.60. The Morgan fingerprint density at radius 1 is 1.27 bits per heavy atom. The van der Waals surface area contributed by atoms with Crippen LogP contribution in [-0.2, 0) is 9.84 Å². The van der Waals surface area contributed by atoms with Gasteiger partial charge in [-0.1, -0.05) is 22.4 Å². The van der Waals surface area contributed by atoms with E-state index < -0.39 is 14.6 Å². The van der Waals surface area contributed by atoms with Crippen molar-refractivity contribution >= 4 is 25.8 Å². The van der Waals surface area contributed by atoms with Gasteiger partial charge in [-0.15, -0.1) is 0 Å². The number of hydrogen-bond donors (Lipinski definition) is 0. The minimum Gasteiger partial charge on any atom is -0.228 e. The maximum absolute atomic E-state index is 11.9. The molecule has 0 aromatic carbocycles. The van der Waals surface area contributed by atoms with Crippen LogP contribution in [0.4, 0.5) is 0 Å². The molecule has 1 saturated carbocycles. The predicted octanol–water partition coefficient (Wildman–Crippen LogP) is 3.15. The van der Waals surface area contributed by atoms with Crippen LogP contribution in [0.3, 0.4) is 0 Å². The average Bonchev–Trinajstić information content (AvgIpc) is 2.46. The molecule has 15 heavy (non-hydrogen) atoms. The quantitative estimate of drug-likeness (QED) is 0.750. The second kappa shape index (κ2) is 4.74. The van der Waals surface area contributed by atoms with E-state index in [2.05, 4.69) is 15.9 Å². The van der Waals surface area contributed by atoms with Crippen LogP contribution in [0.25, 0.3) is 0 Å². The van der Waals surface area contributed by atoms with Crippen LogP contribution in [0.15, 0.2) is 0 Å². The predicted molar refractivity (Wildman–Crippen MR) is 68.2 cm³/mol. The van der Waals surface area contributed by atoms with Crippen molar-refractivity contribution in [3.05, 3.63) is 0 Å². The third-order valence-electron chi connectivity index (χ3n) is 3.26. The Morgan fingerprint density at radius 2 is 1.87 bits per heavy atom. The molecule has 2 atom stereocenters. The van der Waals surface area contributed by atoms with Crippen molar-refractivity contribution in [3.8, 4) is 0 Å². The number of sulfone groups is 1. The van der Waals surface area contributed by atoms with E-state index in [9.17, 15) is 8.42 Å². The molecule has 0 heterocycles. The van der Waals surface area contributed by atoms with E-state index >= 15 is 0 Å². The van der Waals surface area contributed by atoms with Gasteiger partial charge in [0.25, 0.3) is 0 Å². The third kappa shape index (κ3) is 3.45. The molecule has 1 aliphatic rings. The number of rotatable bonds is 3. The summed E-state index contributed by atoms with van der Waals surface area (Å²) in [5.74, 6) is 0.894. The highest BCUT2D eigenvalue weighted by Crippen LogP contribution is 2.34. The van der Waals surface area contributed by atoms with Gasteiger partial charge in [0, 0.05) is 4.83 Å². The monoisotopic (exact) mass is 296 g/mol. The second-order valence-corrected chi connectivity index (χ2v) is 9.47. The molecule has 1 aliphatic carbocycles. The summed E-state index contributed by atoms with van der Waals surface area (Å²) in [6.07, 6.45) is 4.42. The smallest absolute Gasteiger partial charge is 0.155 e. The van der Waals surface area contributed by atoms with Crippen molar-refractivity contribution in [1.29, 1.82) is 0 Å². The first kappa shape index (κ1) is 13.5. The van der Waals surface area contributed by atoms with Crippen LogP contribution in [0.1, 0.15) is 46.5 Å². The number of halogens is 1. The molecule has 0 aromatic rings. The highest BCUT2D eigenvalue weighted by Gasteiger charge is 2.31. The average molecular weight is 297 g/mol. The van der Waals surface area contributed by atoms with Gasteiger partial charge in [0.2, 0.25) is 0 Å². The number of hydrogen-bond acceptors (Lipinski definition) is 2. The largest absolute Gasteiger partial charge is 0.228 e. The zero-order valence-corrected chi connectivity index (χ0v) is 12.2. The lowest BCUT2D eigenvalue weighted by atomic mass is 10.1. The molecule has 0 aromatic heterocycles. The maximum Gasteiger partial charge on any atom is 0.155 e. The molecular weight excluding hydrogens is 276 g/mol. The first-order chi connectivity index (χ1) is 6.74. The van der Waals surface area contributed by atoms with Gasteiger partial charge in [0.05, 0.1) is 10.5 Å². The third-order valence-corrected chi connectivity index (χ3v) is 7.10. The molecule has 90 valence electrons. The van der Waals surface area contributed by atoms with Crippen LogP contribution < -0.4 is 0 Å². The van der Waals surface area contributed by atoms with E-state index in [1.165, 1.54) is 19.3 Å². The lowest BCUT2D eigenvalue weighted by molar-refractivity contribution is 0.520. The highest BCUT2D eigenvalue weighted by atomic mass is 79.9. The Morgan fingerprint density at radius 3 is 2.27 bits per heavy atom. The van der Waals surface area contributed by atoms with E-state index in [0.29, 0.717) is 16.5 Å². The summed E-state index contributed by atoms with van der Waals surface area (Å²) in [6.45, 7) is 5.34.